The van der Waals surface area contributed by atoms with Crippen LogP contribution in [0.4, 0.5) is 4.79 Å². The van der Waals surface area contributed by atoms with Gasteiger partial charge in [-0.15, -0.1) is 0 Å². The summed E-state index contributed by atoms with van der Waals surface area (Å²) in [6.07, 6.45) is 4.34. The molecule has 2 atom stereocenters. The molecule has 0 radical (unpaired) electrons. The Balaban J connectivity index is 2.45. The molecule has 1 fully saturated rings. The molecule has 19 heavy (non-hydrogen) atoms. The maximum Gasteiger partial charge on any atom is 0.407 e. The van der Waals surface area contributed by atoms with Gasteiger partial charge in [0, 0.05) is 10.8 Å². The second kappa shape index (κ2) is 7.67. The topological polar surface area (TPSA) is 38.3 Å². The van der Waals surface area contributed by atoms with Crippen molar-refractivity contribution in [1.82, 2.24) is 5.32 Å². The van der Waals surface area contributed by atoms with E-state index >= 15 is 0 Å². The minimum absolute atomic E-state index is 0.0624. The zero-order chi connectivity index (χ0) is 14.5. The van der Waals surface area contributed by atoms with Crippen LogP contribution in [-0.4, -0.2) is 28.2 Å². The molecule has 0 aromatic heterocycles. The molecule has 1 aliphatic rings. The average molecular weight is 306 g/mol. The second-order valence-electron chi connectivity index (χ2n) is 6.38. The molecule has 0 aromatic rings. The maximum absolute atomic E-state index is 11.9. The first-order valence-corrected chi connectivity index (χ1v) is 9.36. The van der Waals surface area contributed by atoms with E-state index in [9.17, 15) is 4.79 Å². The van der Waals surface area contributed by atoms with Crippen LogP contribution in [0.3, 0.4) is 0 Å². The van der Waals surface area contributed by atoms with Gasteiger partial charge in [-0.3, -0.25) is 0 Å². The molecule has 1 aliphatic carbocycles. The van der Waals surface area contributed by atoms with E-state index in [1.807, 2.05) is 42.4 Å². The van der Waals surface area contributed by atoms with E-state index in [0.29, 0.717) is 10.5 Å². The van der Waals surface area contributed by atoms with Gasteiger partial charge in [0.15, 0.2) is 0 Å². The fraction of sp³-hybridized carbons (Fsp3) is 0.929. The third-order valence-electron chi connectivity index (χ3n) is 2.75. The molecule has 1 amide bonds. The first-order valence-electron chi connectivity index (χ1n) is 7.09. The number of alkyl carbamates (subject to hydrolysis) is 1. The van der Waals surface area contributed by atoms with E-state index in [0.717, 1.165) is 19.3 Å². The number of ether oxygens (including phenoxy) is 1. The van der Waals surface area contributed by atoms with Crippen molar-refractivity contribution in [3.8, 4) is 0 Å². The molecule has 1 N–H and O–H groups in total. The van der Waals surface area contributed by atoms with Gasteiger partial charge in [-0.05, 0) is 40.0 Å². The van der Waals surface area contributed by atoms with Crippen LogP contribution in [0, 0.1) is 0 Å². The zero-order valence-electron chi connectivity index (χ0n) is 12.7. The van der Waals surface area contributed by atoms with Crippen LogP contribution in [-0.2, 0) is 4.74 Å². The normalized spacial score (nSPS) is 24.3. The number of rotatable bonds is 4. The summed E-state index contributed by atoms with van der Waals surface area (Å²) in [7, 11) is 3.77. The summed E-state index contributed by atoms with van der Waals surface area (Å²) < 4.78 is 5.63. The predicted octanol–water partition coefficient (Wildman–Crippen LogP) is 4.61. The monoisotopic (exact) mass is 305 g/mol. The SMILES string of the molecule is CC(C)SSC1CCCCC1OC(=O)NC(C)(C)C. The molecular weight excluding hydrogens is 278 g/mol. The van der Waals surface area contributed by atoms with Crippen LogP contribution in [0.25, 0.3) is 0 Å². The van der Waals surface area contributed by atoms with E-state index in [1.165, 1.54) is 6.42 Å². The van der Waals surface area contributed by atoms with Crippen molar-refractivity contribution in [2.45, 2.75) is 82.4 Å². The fourth-order valence-electron chi connectivity index (χ4n) is 1.96. The van der Waals surface area contributed by atoms with Gasteiger partial charge in [-0.1, -0.05) is 41.9 Å². The number of carbonyl (C=O) groups excluding carboxylic acids is 1. The van der Waals surface area contributed by atoms with Crippen LogP contribution in [0.15, 0.2) is 0 Å². The van der Waals surface area contributed by atoms with Gasteiger partial charge in [0.1, 0.15) is 6.10 Å². The smallest absolute Gasteiger partial charge is 0.407 e. The van der Waals surface area contributed by atoms with Gasteiger partial charge in [-0.2, -0.15) is 0 Å². The molecule has 0 saturated heterocycles. The van der Waals surface area contributed by atoms with Gasteiger partial charge in [0.2, 0.25) is 0 Å². The highest BCUT2D eigenvalue weighted by Gasteiger charge is 2.30. The van der Waals surface area contributed by atoms with E-state index in [1.54, 1.807) is 0 Å². The lowest BCUT2D eigenvalue weighted by molar-refractivity contribution is 0.0742. The molecule has 0 spiro atoms. The Labute approximate surface area is 125 Å². The lowest BCUT2D eigenvalue weighted by atomic mass is 9.97. The van der Waals surface area contributed by atoms with Gasteiger partial charge in [0.25, 0.3) is 0 Å². The lowest BCUT2D eigenvalue weighted by Gasteiger charge is -2.31. The summed E-state index contributed by atoms with van der Waals surface area (Å²) >= 11 is 0. The van der Waals surface area contributed by atoms with Crippen molar-refractivity contribution in [3.05, 3.63) is 0 Å². The van der Waals surface area contributed by atoms with Crippen LogP contribution in [0.2, 0.25) is 0 Å². The highest BCUT2D eigenvalue weighted by molar-refractivity contribution is 8.77. The molecule has 3 nitrogen and oxygen atoms in total. The van der Waals surface area contributed by atoms with E-state index in [-0.39, 0.29) is 17.7 Å². The van der Waals surface area contributed by atoms with Crippen LogP contribution < -0.4 is 5.32 Å². The maximum atomic E-state index is 11.9. The molecule has 1 rings (SSSR count). The van der Waals surface area contributed by atoms with Crippen molar-refractivity contribution < 1.29 is 9.53 Å². The number of hydrogen-bond donors (Lipinski definition) is 1. The molecule has 0 aliphatic heterocycles. The number of amides is 1. The first-order chi connectivity index (χ1) is 8.78. The van der Waals surface area contributed by atoms with Gasteiger partial charge < -0.3 is 10.1 Å². The quantitative estimate of drug-likeness (QED) is 0.770. The molecule has 112 valence electrons. The van der Waals surface area contributed by atoms with Crippen molar-refractivity contribution in [3.63, 3.8) is 0 Å². The molecule has 1 saturated carbocycles. The second-order valence-corrected chi connectivity index (χ2v) is 9.47. The Kier molecular flexibility index (Phi) is 6.87. The third-order valence-corrected chi connectivity index (χ3v) is 6.26. The van der Waals surface area contributed by atoms with E-state index in [2.05, 4.69) is 19.2 Å². The number of nitrogens with one attached hydrogen (secondary N) is 1. The summed E-state index contributed by atoms with van der Waals surface area (Å²) in [5, 5.41) is 3.92. The van der Waals surface area contributed by atoms with Crippen LogP contribution in [0.1, 0.15) is 60.3 Å². The third kappa shape index (κ3) is 7.35. The minimum atomic E-state index is -0.278. The summed E-state index contributed by atoms with van der Waals surface area (Å²) in [5.74, 6) is 0. The molecule has 0 aromatic carbocycles. The fourth-order valence-corrected chi connectivity index (χ4v) is 4.66. The Hall–Kier alpha value is -0.0300. The highest BCUT2D eigenvalue weighted by Crippen LogP contribution is 2.39. The van der Waals surface area contributed by atoms with Gasteiger partial charge >= 0.3 is 6.09 Å². The van der Waals surface area contributed by atoms with Crippen molar-refractivity contribution in [2.24, 2.45) is 0 Å². The van der Waals surface area contributed by atoms with Crippen molar-refractivity contribution in [1.29, 1.82) is 0 Å². The Morgan fingerprint density at radius 1 is 1.26 bits per heavy atom. The molecule has 2 unspecified atom stereocenters. The first kappa shape index (κ1) is 17.0. The molecular formula is C14H27NO2S2. The molecule has 0 bridgehead atoms. The Morgan fingerprint density at radius 3 is 2.47 bits per heavy atom. The molecule has 0 heterocycles. The summed E-state index contributed by atoms with van der Waals surface area (Å²) in [6.45, 7) is 10.3. The summed E-state index contributed by atoms with van der Waals surface area (Å²) in [6, 6.07) is 0. The summed E-state index contributed by atoms with van der Waals surface area (Å²) in [5.41, 5.74) is -0.235. The highest BCUT2D eigenvalue weighted by atomic mass is 33.1. The van der Waals surface area contributed by atoms with Crippen molar-refractivity contribution >= 4 is 27.7 Å². The molecule has 5 heteroatoms. The average Bonchev–Trinajstić information content (AvgIpc) is 2.25. The summed E-state index contributed by atoms with van der Waals surface area (Å²) in [4.78, 5) is 11.9. The van der Waals surface area contributed by atoms with E-state index in [4.69, 9.17) is 4.74 Å². The minimum Gasteiger partial charge on any atom is -0.445 e. The Bertz CT molecular complexity index is 290. The van der Waals surface area contributed by atoms with Crippen molar-refractivity contribution in [2.75, 3.05) is 0 Å². The Morgan fingerprint density at radius 2 is 1.89 bits per heavy atom. The lowest BCUT2D eigenvalue weighted by Crippen LogP contribution is -2.44. The van der Waals surface area contributed by atoms with Gasteiger partial charge in [-0.25, -0.2) is 4.79 Å². The van der Waals surface area contributed by atoms with E-state index < -0.39 is 0 Å². The number of carbonyl (C=O) groups is 1. The van der Waals surface area contributed by atoms with Crippen LogP contribution in [0.5, 0.6) is 0 Å². The number of hydrogen-bond acceptors (Lipinski definition) is 4. The largest absolute Gasteiger partial charge is 0.445 e. The zero-order valence-corrected chi connectivity index (χ0v) is 14.3. The standard InChI is InChI=1S/C14H27NO2S2/c1-10(2)18-19-12-9-7-6-8-11(12)17-13(16)15-14(3,4)5/h10-12H,6-9H2,1-5H3,(H,15,16). The van der Waals surface area contributed by atoms with Gasteiger partial charge in [0.05, 0.1) is 5.25 Å². The van der Waals surface area contributed by atoms with Crippen LogP contribution >= 0.6 is 21.6 Å². The predicted molar refractivity (Wildman–Crippen MR) is 85.7 cm³/mol.